The number of Topliss-reactive ketones (excluding diaryl/α,β-unsaturated/α-hetero) is 1. The number of allylic oxidation sites excluding steroid dienone is 2. The normalized spacial score (nSPS) is 26.1. The minimum atomic E-state index is -0.659. The van der Waals surface area contributed by atoms with Gasteiger partial charge in [-0.05, 0) is 90.8 Å². The Morgan fingerprint density at radius 1 is 0.886 bits per heavy atom. The number of anilines is 1. The van der Waals surface area contributed by atoms with Crippen molar-refractivity contribution in [3.8, 4) is 11.3 Å². The third-order valence-corrected chi connectivity index (χ3v) is 10.3. The van der Waals surface area contributed by atoms with Gasteiger partial charge in [0.05, 0.1) is 34.3 Å². The number of amides is 2. The summed E-state index contributed by atoms with van der Waals surface area (Å²) in [6.45, 7) is -0.430. The predicted octanol–water partition coefficient (Wildman–Crippen LogP) is 6.91. The number of pyridine rings is 1. The fourth-order valence-electron chi connectivity index (χ4n) is 7.44. The van der Waals surface area contributed by atoms with Crippen LogP contribution in [0.15, 0.2) is 89.4 Å². The Balaban J connectivity index is 1.07. The number of ketones is 1. The highest BCUT2D eigenvalue weighted by molar-refractivity contribution is 9.10. The highest BCUT2D eigenvalue weighted by Crippen LogP contribution is 2.65. The smallest absolute Gasteiger partial charge is 0.339 e. The third-order valence-electron chi connectivity index (χ3n) is 9.58. The van der Waals surface area contributed by atoms with E-state index in [2.05, 4.69) is 28.1 Å². The highest BCUT2D eigenvalue weighted by Gasteiger charge is 2.67. The molecule has 1 saturated heterocycles. The lowest BCUT2D eigenvalue weighted by Gasteiger charge is -2.37. The summed E-state index contributed by atoms with van der Waals surface area (Å²) in [5, 5.41) is 1.07. The van der Waals surface area contributed by atoms with Crippen LogP contribution in [-0.4, -0.2) is 35.2 Å². The van der Waals surface area contributed by atoms with Crippen LogP contribution in [-0.2, 0) is 14.3 Å². The van der Waals surface area contributed by atoms with E-state index in [-0.39, 0.29) is 46.8 Å². The zero-order valence-corrected chi connectivity index (χ0v) is 25.5. The van der Waals surface area contributed by atoms with Crippen LogP contribution >= 0.6 is 27.5 Å². The molecule has 4 aromatic rings. The number of hydrogen-bond acceptors (Lipinski definition) is 6. The summed E-state index contributed by atoms with van der Waals surface area (Å²) in [5.74, 6) is -0.331. The number of hydrogen-bond donors (Lipinski definition) is 0. The third kappa shape index (κ3) is 4.34. The van der Waals surface area contributed by atoms with Gasteiger partial charge in [-0.25, -0.2) is 9.78 Å². The maximum Gasteiger partial charge on any atom is 0.339 e. The van der Waals surface area contributed by atoms with E-state index in [0.717, 1.165) is 10.9 Å². The number of fused-ring (bicyclic) bond motifs is 1. The Bertz CT molecular complexity index is 1900. The molecule has 6 unspecified atom stereocenters. The van der Waals surface area contributed by atoms with E-state index in [1.54, 1.807) is 66.7 Å². The van der Waals surface area contributed by atoms with Crippen molar-refractivity contribution in [2.45, 2.75) is 6.42 Å². The fraction of sp³-hybridized carbons (Fsp3) is 0.229. The molecule has 44 heavy (non-hydrogen) atoms. The second-order valence-electron chi connectivity index (χ2n) is 11.9. The predicted molar refractivity (Wildman–Crippen MR) is 168 cm³/mol. The summed E-state index contributed by atoms with van der Waals surface area (Å²) in [6.07, 6.45) is 5.45. The second-order valence-corrected chi connectivity index (χ2v) is 13.3. The zero-order chi connectivity index (χ0) is 30.3. The molecule has 1 aliphatic heterocycles. The maximum absolute atomic E-state index is 13.5. The van der Waals surface area contributed by atoms with Gasteiger partial charge in [-0.3, -0.25) is 19.3 Å². The van der Waals surface area contributed by atoms with Gasteiger partial charge >= 0.3 is 5.97 Å². The molecular formula is C35H24BrClN2O5. The van der Waals surface area contributed by atoms with E-state index < -0.39 is 12.6 Å². The number of halogens is 2. The first-order valence-electron chi connectivity index (χ1n) is 14.5. The number of ether oxygens (including phenoxy) is 1. The molecular weight excluding hydrogens is 644 g/mol. The van der Waals surface area contributed by atoms with E-state index in [4.69, 9.17) is 21.3 Å². The molecule has 6 atom stereocenters. The minimum Gasteiger partial charge on any atom is -0.454 e. The molecule has 3 aromatic carbocycles. The van der Waals surface area contributed by atoms with Crippen LogP contribution in [0.5, 0.6) is 0 Å². The van der Waals surface area contributed by atoms with Gasteiger partial charge in [-0.15, -0.1) is 0 Å². The van der Waals surface area contributed by atoms with Gasteiger partial charge in [0.15, 0.2) is 12.4 Å². The number of rotatable bonds is 6. The number of imide groups is 1. The lowest BCUT2D eigenvalue weighted by molar-refractivity contribution is -0.124. The van der Waals surface area contributed by atoms with Crippen molar-refractivity contribution in [2.24, 2.45) is 35.5 Å². The topological polar surface area (TPSA) is 93.6 Å². The quantitative estimate of drug-likeness (QED) is 0.0960. The van der Waals surface area contributed by atoms with Crippen molar-refractivity contribution in [1.29, 1.82) is 0 Å². The minimum absolute atomic E-state index is 0.106. The number of nitrogens with zero attached hydrogens (tertiary/aromatic N) is 2. The molecule has 0 N–H and O–H groups in total. The van der Waals surface area contributed by atoms with Gasteiger partial charge in [0, 0.05) is 26.0 Å². The number of carbonyl (C=O) groups excluding carboxylic acids is 4. The molecule has 0 spiro atoms. The molecule has 218 valence electrons. The number of benzene rings is 3. The first kappa shape index (κ1) is 27.4. The monoisotopic (exact) mass is 666 g/mol. The molecule has 2 bridgehead atoms. The molecule has 9 rings (SSSR count). The van der Waals surface area contributed by atoms with Crippen molar-refractivity contribution < 1.29 is 23.9 Å². The van der Waals surface area contributed by atoms with E-state index >= 15 is 0 Å². The molecule has 3 fully saturated rings. The Morgan fingerprint density at radius 2 is 1.55 bits per heavy atom. The highest BCUT2D eigenvalue weighted by atomic mass is 79.9. The average Bonchev–Trinajstić information content (AvgIpc) is 3.82. The standard InChI is InChI=1S/C35H24BrClN2O5/c36-19-5-12-28-26(13-19)27(35(43)44-16-30(40)18-1-6-20(37)7-2-18)15-29(38-28)17-3-8-21(9-4-17)39-33(41)31-22-10-11-23(25-14-24(22)25)32(31)34(39)42/h1-13,15,22-25,31-32H,14,16H2. The van der Waals surface area contributed by atoms with Gasteiger partial charge < -0.3 is 4.74 Å². The Hall–Kier alpha value is -4.14. The van der Waals surface area contributed by atoms with Crippen LogP contribution in [0.25, 0.3) is 22.2 Å². The van der Waals surface area contributed by atoms with Crippen LogP contribution in [0.1, 0.15) is 27.1 Å². The summed E-state index contributed by atoms with van der Waals surface area (Å²) in [6, 6.07) is 20.5. The first-order valence-corrected chi connectivity index (χ1v) is 15.7. The lowest BCUT2D eigenvalue weighted by Crippen LogP contribution is -2.40. The molecule has 2 saturated carbocycles. The summed E-state index contributed by atoms with van der Waals surface area (Å²) >= 11 is 9.37. The number of esters is 1. The van der Waals surface area contributed by atoms with Crippen molar-refractivity contribution in [1.82, 2.24) is 4.98 Å². The van der Waals surface area contributed by atoms with E-state index in [0.29, 0.717) is 50.3 Å². The second kappa shape index (κ2) is 10.2. The summed E-state index contributed by atoms with van der Waals surface area (Å²) < 4.78 is 6.21. The molecule has 2 heterocycles. The van der Waals surface area contributed by atoms with Gasteiger partial charge in [-0.1, -0.05) is 51.8 Å². The van der Waals surface area contributed by atoms with Gasteiger partial charge in [-0.2, -0.15) is 0 Å². The SMILES string of the molecule is O=C(COC(=O)c1cc(-c2ccc(N3C(=O)C4C5C=CC(C6CC56)C4C3=O)cc2)nc2ccc(Br)cc12)c1ccc(Cl)cc1. The summed E-state index contributed by atoms with van der Waals surface area (Å²) in [5.41, 5.74) is 2.97. The number of aromatic nitrogens is 1. The van der Waals surface area contributed by atoms with Gasteiger partial charge in [0.2, 0.25) is 11.8 Å². The molecule has 7 nitrogen and oxygen atoms in total. The first-order chi connectivity index (χ1) is 21.3. The largest absolute Gasteiger partial charge is 0.454 e. The zero-order valence-electron chi connectivity index (χ0n) is 23.2. The van der Waals surface area contributed by atoms with Crippen molar-refractivity contribution in [3.05, 3.63) is 106 Å². The Kier molecular flexibility index (Phi) is 6.36. The van der Waals surface area contributed by atoms with Crippen LogP contribution in [0.2, 0.25) is 5.02 Å². The molecule has 2 amide bonds. The van der Waals surface area contributed by atoms with E-state index in [1.807, 2.05) is 6.07 Å². The van der Waals surface area contributed by atoms with Crippen LogP contribution in [0.3, 0.4) is 0 Å². The lowest BCUT2D eigenvalue weighted by atomic mass is 9.63. The molecule has 0 radical (unpaired) electrons. The van der Waals surface area contributed by atoms with Crippen molar-refractivity contribution in [3.63, 3.8) is 0 Å². The van der Waals surface area contributed by atoms with Crippen molar-refractivity contribution in [2.75, 3.05) is 11.5 Å². The summed E-state index contributed by atoms with van der Waals surface area (Å²) in [7, 11) is 0. The van der Waals surface area contributed by atoms with Gasteiger partial charge in [0.1, 0.15) is 0 Å². The fourth-order valence-corrected chi connectivity index (χ4v) is 7.92. The van der Waals surface area contributed by atoms with Crippen molar-refractivity contribution >= 4 is 67.7 Å². The maximum atomic E-state index is 13.5. The molecule has 1 aromatic heterocycles. The summed E-state index contributed by atoms with van der Waals surface area (Å²) in [4.78, 5) is 59.2. The van der Waals surface area contributed by atoms with E-state index in [9.17, 15) is 19.2 Å². The Morgan fingerprint density at radius 3 is 2.20 bits per heavy atom. The van der Waals surface area contributed by atoms with Crippen LogP contribution < -0.4 is 4.90 Å². The Labute approximate surface area is 266 Å². The molecule has 9 heteroatoms. The van der Waals surface area contributed by atoms with E-state index in [1.165, 1.54) is 4.90 Å². The number of carbonyl (C=O) groups is 4. The van der Waals surface area contributed by atoms with Gasteiger partial charge in [0.25, 0.3) is 0 Å². The molecule has 5 aliphatic rings. The molecule has 4 aliphatic carbocycles. The van der Waals surface area contributed by atoms with Crippen LogP contribution in [0.4, 0.5) is 5.69 Å². The van der Waals surface area contributed by atoms with Crippen LogP contribution in [0, 0.1) is 35.5 Å². The average molecular weight is 668 g/mol.